The van der Waals surface area contributed by atoms with E-state index in [0.717, 1.165) is 30.8 Å². The average molecular weight is 231 g/mol. The summed E-state index contributed by atoms with van der Waals surface area (Å²) in [5.41, 5.74) is 0.611. The molecule has 3 heteroatoms. The third kappa shape index (κ3) is 2.15. The first-order chi connectivity index (χ1) is 8.33. The SMILES string of the molecule is Oc1cccc2cc(CN3CCCCC3)oc12. The summed E-state index contributed by atoms with van der Waals surface area (Å²) in [4.78, 5) is 2.41. The minimum Gasteiger partial charge on any atom is -0.504 e. The number of benzene rings is 1. The fourth-order valence-electron chi connectivity index (χ4n) is 2.52. The number of phenolic OH excluding ortho intramolecular Hbond substituents is 1. The molecule has 1 aromatic carbocycles. The van der Waals surface area contributed by atoms with Crippen molar-refractivity contribution in [1.82, 2.24) is 4.90 Å². The molecule has 0 radical (unpaired) electrons. The van der Waals surface area contributed by atoms with Gasteiger partial charge in [0.05, 0.1) is 6.54 Å². The number of aromatic hydroxyl groups is 1. The standard InChI is InChI=1S/C14H17NO2/c16-13-6-4-5-11-9-12(17-14(11)13)10-15-7-2-1-3-8-15/h4-6,9,16H,1-3,7-8,10H2. The number of nitrogens with zero attached hydrogens (tertiary/aromatic N) is 1. The van der Waals surface area contributed by atoms with Crippen LogP contribution in [0.5, 0.6) is 5.75 Å². The molecule has 1 saturated heterocycles. The van der Waals surface area contributed by atoms with E-state index in [1.807, 2.05) is 18.2 Å². The number of piperidine rings is 1. The summed E-state index contributed by atoms with van der Waals surface area (Å²) in [6, 6.07) is 7.51. The smallest absolute Gasteiger partial charge is 0.175 e. The second-order valence-electron chi connectivity index (χ2n) is 4.75. The van der Waals surface area contributed by atoms with Crippen molar-refractivity contribution in [3.8, 4) is 5.75 Å². The van der Waals surface area contributed by atoms with Crippen molar-refractivity contribution in [3.05, 3.63) is 30.0 Å². The van der Waals surface area contributed by atoms with E-state index in [0.29, 0.717) is 5.58 Å². The van der Waals surface area contributed by atoms with Gasteiger partial charge in [0.15, 0.2) is 11.3 Å². The van der Waals surface area contributed by atoms with Crippen molar-refractivity contribution in [2.75, 3.05) is 13.1 Å². The van der Waals surface area contributed by atoms with Crippen LogP contribution in [0.3, 0.4) is 0 Å². The molecule has 0 spiro atoms. The number of furan rings is 1. The molecule has 1 aliphatic rings. The van der Waals surface area contributed by atoms with Gasteiger partial charge in [-0.3, -0.25) is 4.90 Å². The van der Waals surface area contributed by atoms with E-state index in [4.69, 9.17) is 4.42 Å². The molecule has 17 heavy (non-hydrogen) atoms. The largest absolute Gasteiger partial charge is 0.504 e. The number of rotatable bonds is 2. The number of hydrogen-bond donors (Lipinski definition) is 1. The van der Waals surface area contributed by atoms with Crippen molar-refractivity contribution in [2.45, 2.75) is 25.8 Å². The Hall–Kier alpha value is -1.48. The Kier molecular flexibility index (Phi) is 2.77. The van der Waals surface area contributed by atoms with E-state index >= 15 is 0 Å². The summed E-state index contributed by atoms with van der Waals surface area (Å²) < 4.78 is 5.71. The Morgan fingerprint density at radius 1 is 1.18 bits per heavy atom. The lowest BCUT2D eigenvalue weighted by Gasteiger charge is -2.25. The monoisotopic (exact) mass is 231 g/mol. The van der Waals surface area contributed by atoms with Crippen LogP contribution in [-0.4, -0.2) is 23.1 Å². The minimum atomic E-state index is 0.229. The van der Waals surface area contributed by atoms with E-state index < -0.39 is 0 Å². The van der Waals surface area contributed by atoms with Gasteiger partial charge in [-0.05, 0) is 38.1 Å². The van der Waals surface area contributed by atoms with Gasteiger partial charge >= 0.3 is 0 Å². The van der Waals surface area contributed by atoms with Crippen LogP contribution >= 0.6 is 0 Å². The quantitative estimate of drug-likeness (QED) is 0.862. The third-order valence-corrected chi connectivity index (χ3v) is 3.40. The lowest BCUT2D eigenvalue weighted by atomic mass is 10.1. The Morgan fingerprint density at radius 3 is 2.76 bits per heavy atom. The predicted molar refractivity (Wildman–Crippen MR) is 67.0 cm³/mol. The van der Waals surface area contributed by atoms with E-state index in [9.17, 15) is 5.11 Å². The van der Waals surface area contributed by atoms with Gasteiger partial charge in [-0.2, -0.15) is 0 Å². The van der Waals surface area contributed by atoms with Gasteiger partial charge in [0.1, 0.15) is 5.76 Å². The van der Waals surface area contributed by atoms with Gasteiger partial charge in [0, 0.05) is 5.39 Å². The molecule has 1 N–H and O–H groups in total. The molecule has 1 fully saturated rings. The van der Waals surface area contributed by atoms with Gasteiger partial charge in [0.25, 0.3) is 0 Å². The summed E-state index contributed by atoms with van der Waals surface area (Å²) in [6.07, 6.45) is 3.91. The fourth-order valence-corrected chi connectivity index (χ4v) is 2.52. The Bertz CT molecular complexity index is 512. The zero-order valence-corrected chi connectivity index (χ0v) is 9.85. The molecule has 0 aliphatic carbocycles. The highest BCUT2D eigenvalue weighted by atomic mass is 16.4. The van der Waals surface area contributed by atoms with Gasteiger partial charge in [-0.25, -0.2) is 0 Å². The Morgan fingerprint density at radius 2 is 2.00 bits per heavy atom. The summed E-state index contributed by atoms with van der Waals surface area (Å²) in [5, 5.41) is 10.7. The molecule has 3 nitrogen and oxygen atoms in total. The lowest BCUT2D eigenvalue weighted by Crippen LogP contribution is -2.28. The maximum absolute atomic E-state index is 9.68. The van der Waals surface area contributed by atoms with Crippen LogP contribution in [0.1, 0.15) is 25.0 Å². The van der Waals surface area contributed by atoms with Crippen molar-refractivity contribution < 1.29 is 9.52 Å². The first-order valence-corrected chi connectivity index (χ1v) is 6.26. The number of hydrogen-bond acceptors (Lipinski definition) is 3. The van der Waals surface area contributed by atoms with Crippen molar-refractivity contribution in [1.29, 1.82) is 0 Å². The summed E-state index contributed by atoms with van der Waals surface area (Å²) in [7, 11) is 0. The molecule has 1 aliphatic heterocycles. The first kappa shape index (κ1) is 10.7. The van der Waals surface area contributed by atoms with Crippen molar-refractivity contribution in [3.63, 3.8) is 0 Å². The van der Waals surface area contributed by atoms with E-state index in [1.165, 1.54) is 19.3 Å². The highest BCUT2D eigenvalue weighted by Crippen LogP contribution is 2.28. The van der Waals surface area contributed by atoms with Gasteiger partial charge in [0.2, 0.25) is 0 Å². The number of likely N-dealkylation sites (tertiary alicyclic amines) is 1. The molecule has 0 bridgehead atoms. The Labute approximate surface area is 101 Å². The van der Waals surface area contributed by atoms with E-state index in [-0.39, 0.29) is 5.75 Å². The maximum atomic E-state index is 9.68. The molecular weight excluding hydrogens is 214 g/mol. The molecule has 0 atom stereocenters. The maximum Gasteiger partial charge on any atom is 0.175 e. The van der Waals surface area contributed by atoms with Gasteiger partial charge in [-0.15, -0.1) is 0 Å². The highest BCUT2D eigenvalue weighted by Gasteiger charge is 2.13. The molecule has 90 valence electrons. The minimum absolute atomic E-state index is 0.229. The molecule has 0 unspecified atom stereocenters. The van der Waals surface area contributed by atoms with E-state index in [1.54, 1.807) is 6.07 Å². The molecule has 1 aromatic heterocycles. The van der Waals surface area contributed by atoms with Crippen molar-refractivity contribution >= 4 is 11.0 Å². The number of para-hydroxylation sites is 1. The van der Waals surface area contributed by atoms with Crippen LogP contribution < -0.4 is 0 Å². The zero-order chi connectivity index (χ0) is 11.7. The third-order valence-electron chi connectivity index (χ3n) is 3.40. The number of phenols is 1. The molecular formula is C14H17NO2. The van der Waals surface area contributed by atoms with Crippen LogP contribution in [-0.2, 0) is 6.54 Å². The predicted octanol–water partition coefficient (Wildman–Crippen LogP) is 3.12. The summed E-state index contributed by atoms with van der Waals surface area (Å²) >= 11 is 0. The Balaban J connectivity index is 1.83. The molecule has 0 saturated carbocycles. The van der Waals surface area contributed by atoms with Gasteiger partial charge in [-0.1, -0.05) is 18.6 Å². The van der Waals surface area contributed by atoms with Crippen LogP contribution in [0.4, 0.5) is 0 Å². The van der Waals surface area contributed by atoms with E-state index in [2.05, 4.69) is 4.90 Å². The van der Waals surface area contributed by atoms with Crippen molar-refractivity contribution in [2.24, 2.45) is 0 Å². The molecule has 3 rings (SSSR count). The first-order valence-electron chi connectivity index (χ1n) is 6.26. The lowest BCUT2D eigenvalue weighted by molar-refractivity contribution is 0.206. The average Bonchev–Trinajstić information content (AvgIpc) is 2.74. The zero-order valence-electron chi connectivity index (χ0n) is 9.85. The summed E-state index contributed by atoms with van der Waals surface area (Å²) in [6.45, 7) is 3.17. The van der Waals surface area contributed by atoms with Crippen LogP contribution in [0, 0.1) is 0 Å². The number of fused-ring (bicyclic) bond motifs is 1. The van der Waals surface area contributed by atoms with Gasteiger partial charge < -0.3 is 9.52 Å². The molecule has 2 heterocycles. The summed E-state index contributed by atoms with van der Waals surface area (Å²) in [5.74, 6) is 1.18. The van der Waals surface area contributed by atoms with Crippen LogP contribution in [0.25, 0.3) is 11.0 Å². The molecule has 0 amide bonds. The normalized spacial score (nSPS) is 17.6. The second-order valence-corrected chi connectivity index (χ2v) is 4.75. The fraction of sp³-hybridized carbons (Fsp3) is 0.429. The topological polar surface area (TPSA) is 36.6 Å². The second kappa shape index (κ2) is 4.41. The van der Waals surface area contributed by atoms with Crippen LogP contribution in [0.15, 0.2) is 28.7 Å². The van der Waals surface area contributed by atoms with Crippen LogP contribution in [0.2, 0.25) is 0 Å². The molecule has 2 aromatic rings. The highest BCUT2D eigenvalue weighted by molar-refractivity contribution is 5.83.